The van der Waals surface area contributed by atoms with Crippen molar-refractivity contribution in [2.45, 2.75) is 13.0 Å². The predicted molar refractivity (Wildman–Crippen MR) is 105 cm³/mol. The second kappa shape index (κ2) is 6.45. The average molecular weight is 406 g/mol. The Labute approximate surface area is 162 Å². The van der Waals surface area contributed by atoms with Gasteiger partial charge in [-0.05, 0) is 13.0 Å². The highest BCUT2D eigenvalue weighted by atomic mass is 32.2. The van der Waals surface area contributed by atoms with Crippen LogP contribution in [0.2, 0.25) is 0 Å². The van der Waals surface area contributed by atoms with Crippen LogP contribution >= 0.6 is 0 Å². The highest BCUT2D eigenvalue weighted by molar-refractivity contribution is 7.89. The van der Waals surface area contributed by atoms with Crippen molar-refractivity contribution < 1.29 is 17.9 Å². The third-order valence-corrected chi connectivity index (χ3v) is 5.88. The smallest absolute Gasteiger partial charge is 0.346 e. The van der Waals surface area contributed by atoms with E-state index in [9.17, 15) is 13.2 Å². The Morgan fingerprint density at radius 3 is 2.71 bits per heavy atom. The van der Waals surface area contributed by atoms with Gasteiger partial charge in [0, 0.05) is 32.2 Å². The number of ether oxygens (including phenoxy) is 1. The fraction of sp³-hybridized carbons (Fsp3) is 0.471. The van der Waals surface area contributed by atoms with Crippen LogP contribution in [0.4, 0.5) is 10.6 Å². The molecule has 0 saturated carbocycles. The highest BCUT2D eigenvalue weighted by Gasteiger charge is 2.27. The van der Waals surface area contributed by atoms with Crippen LogP contribution in [-0.4, -0.2) is 84.2 Å². The number of hydrogen-bond acceptors (Lipinski definition) is 7. The van der Waals surface area contributed by atoms with E-state index in [0.29, 0.717) is 47.5 Å². The quantitative estimate of drug-likeness (QED) is 0.624. The molecule has 4 rings (SSSR count). The van der Waals surface area contributed by atoms with Crippen LogP contribution in [0.15, 0.2) is 18.5 Å². The van der Waals surface area contributed by atoms with Crippen molar-refractivity contribution in [1.82, 2.24) is 23.6 Å². The molecule has 4 heterocycles. The molecule has 10 nitrogen and oxygen atoms in total. The van der Waals surface area contributed by atoms with Crippen molar-refractivity contribution in [3.63, 3.8) is 0 Å². The molecule has 3 aromatic rings. The summed E-state index contributed by atoms with van der Waals surface area (Å²) in [5.41, 5.74) is 0.794. The predicted octanol–water partition coefficient (Wildman–Crippen LogP) is 0.949. The molecule has 1 amide bonds. The van der Waals surface area contributed by atoms with Crippen molar-refractivity contribution in [1.29, 1.82) is 0 Å². The van der Waals surface area contributed by atoms with E-state index >= 15 is 0 Å². The number of fused-ring (bicyclic) bond motifs is 3. The molecule has 150 valence electrons. The number of amides is 1. The van der Waals surface area contributed by atoms with E-state index in [4.69, 9.17) is 9.72 Å². The minimum Gasteiger partial charge on any atom is -0.377 e. The molecule has 0 bridgehead atoms. The monoisotopic (exact) mass is 406 g/mol. The van der Waals surface area contributed by atoms with E-state index in [1.54, 1.807) is 20.2 Å². The topological polar surface area (TPSA) is 103 Å². The molecule has 0 N–H and O–H groups in total. The first kappa shape index (κ1) is 18.7. The molecule has 0 radical (unpaired) electrons. The van der Waals surface area contributed by atoms with Gasteiger partial charge >= 0.3 is 6.03 Å². The SMILES string of the molecule is C[C@@H]1COCCN1c1nc2c(cnn2C(=O)N(C)C)c2c1ccn2S(C)(=O)=O. The Bertz CT molecular complexity index is 1180. The van der Waals surface area contributed by atoms with E-state index < -0.39 is 10.0 Å². The van der Waals surface area contributed by atoms with Gasteiger partial charge in [0.05, 0.1) is 42.6 Å². The molecule has 11 heteroatoms. The van der Waals surface area contributed by atoms with Crippen molar-refractivity contribution in [2.75, 3.05) is 45.0 Å². The summed E-state index contributed by atoms with van der Waals surface area (Å²) in [5, 5.41) is 5.39. The number of rotatable bonds is 2. The lowest BCUT2D eigenvalue weighted by Crippen LogP contribution is -2.44. The summed E-state index contributed by atoms with van der Waals surface area (Å²) in [7, 11) is -0.305. The molecular formula is C17H22N6O4S. The number of carbonyl (C=O) groups excluding carboxylic acids is 1. The molecule has 0 aromatic carbocycles. The molecular weight excluding hydrogens is 384 g/mol. The summed E-state index contributed by atoms with van der Waals surface area (Å²) in [5.74, 6) is 0.619. The van der Waals surface area contributed by atoms with Crippen LogP contribution in [0.25, 0.3) is 21.9 Å². The van der Waals surface area contributed by atoms with Gasteiger partial charge in [-0.2, -0.15) is 9.78 Å². The fourth-order valence-electron chi connectivity index (χ4n) is 3.50. The lowest BCUT2D eigenvalue weighted by molar-refractivity contribution is 0.0987. The van der Waals surface area contributed by atoms with Crippen LogP contribution in [0.1, 0.15) is 6.92 Å². The number of hydrogen-bond donors (Lipinski definition) is 0. The Morgan fingerprint density at radius 1 is 1.32 bits per heavy atom. The van der Waals surface area contributed by atoms with Crippen molar-refractivity contribution in [3.05, 3.63) is 18.5 Å². The summed E-state index contributed by atoms with van der Waals surface area (Å²) < 4.78 is 32.7. The van der Waals surface area contributed by atoms with Gasteiger partial charge < -0.3 is 14.5 Å². The Hall–Kier alpha value is -2.66. The molecule has 3 aromatic heterocycles. The summed E-state index contributed by atoms with van der Waals surface area (Å²) in [4.78, 5) is 20.8. The number of nitrogens with zero attached hydrogens (tertiary/aromatic N) is 6. The standard InChI is InChI=1S/C17H22N6O4S/c1-11-10-27-8-7-21(11)15-12-5-6-22(28(4,25)26)14(12)13-9-18-23(16(13)19-15)17(24)20(2)3/h5-6,9,11H,7-8,10H2,1-4H3/t11-/m1/s1. The first-order chi connectivity index (χ1) is 13.2. The second-order valence-corrected chi connectivity index (χ2v) is 9.02. The van der Waals surface area contributed by atoms with E-state index in [-0.39, 0.29) is 12.1 Å². The highest BCUT2D eigenvalue weighted by Crippen LogP contribution is 2.34. The van der Waals surface area contributed by atoms with E-state index in [0.717, 1.165) is 6.26 Å². The number of aromatic nitrogens is 4. The minimum absolute atomic E-state index is 0.0596. The first-order valence-corrected chi connectivity index (χ1v) is 10.7. The molecule has 0 aliphatic carbocycles. The Morgan fingerprint density at radius 2 is 2.07 bits per heavy atom. The van der Waals surface area contributed by atoms with Crippen LogP contribution in [-0.2, 0) is 14.8 Å². The van der Waals surface area contributed by atoms with Gasteiger partial charge in [0.15, 0.2) is 5.65 Å². The third-order valence-electron chi connectivity index (χ3n) is 4.86. The van der Waals surface area contributed by atoms with Gasteiger partial charge in [-0.1, -0.05) is 0 Å². The van der Waals surface area contributed by atoms with Crippen LogP contribution in [0, 0.1) is 0 Å². The lowest BCUT2D eigenvalue weighted by atomic mass is 10.2. The zero-order valence-corrected chi connectivity index (χ0v) is 17.0. The van der Waals surface area contributed by atoms with Gasteiger partial charge in [0.25, 0.3) is 0 Å². The van der Waals surface area contributed by atoms with Crippen LogP contribution in [0.3, 0.4) is 0 Å². The molecule has 1 aliphatic rings. The minimum atomic E-state index is -3.55. The molecule has 1 aliphatic heterocycles. The van der Waals surface area contributed by atoms with Gasteiger partial charge in [-0.3, -0.25) is 0 Å². The maximum absolute atomic E-state index is 12.6. The summed E-state index contributed by atoms with van der Waals surface area (Å²) in [6.45, 7) is 3.74. The van der Waals surface area contributed by atoms with Gasteiger partial charge in [-0.25, -0.2) is 22.2 Å². The van der Waals surface area contributed by atoms with Crippen molar-refractivity contribution in [3.8, 4) is 0 Å². The van der Waals surface area contributed by atoms with Crippen molar-refractivity contribution >= 4 is 43.8 Å². The normalized spacial score (nSPS) is 18.1. The van der Waals surface area contributed by atoms with E-state index in [2.05, 4.69) is 10.00 Å². The fourth-order valence-corrected chi connectivity index (χ4v) is 4.31. The molecule has 28 heavy (non-hydrogen) atoms. The number of anilines is 1. The molecule has 0 unspecified atom stereocenters. The number of pyridine rings is 1. The first-order valence-electron chi connectivity index (χ1n) is 8.85. The molecule has 1 atom stereocenters. The van der Waals surface area contributed by atoms with Crippen molar-refractivity contribution in [2.24, 2.45) is 0 Å². The Kier molecular flexibility index (Phi) is 4.31. The molecule has 1 saturated heterocycles. The zero-order valence-electron chi connectivity index (χ0n) is 16.2. The van der Waals surface area contributed by atoms with Gasteiger partial charge in [0.1, 0.15) is 5.82 Å². The second-order valence-electron chi connectivity index (χ2n) is 7.16. The molecule has 0 spiro atoms. The van der Waals surface area contributed by atoms with Gasteiger partial charge in [-0.15, -0.1) is 0 Å². The number of morpholine rings is 1. The number of carbonyl (C=O) groups is 1. The lowest BCUT2D eigenvalue weighted by Gasteiger charge is -2.34. The largest absolute Gasteiger partial charge is 0.377 e. The summed E-state index contributed by atoms with van der Waals surface area (Å²) >= 11 is 0. The summed E-state index contributed by atoms with van der Waals surface area (Å²) in [6, 6.07) is 1.44. The molecule has 1 fully saturated rings. The van der Waals surface area contributed by atoms with Gasteiger partial charge in [0.2, 0.25) is 10.0 Å². The third kappa shape index (κ3) is 2.81. The van der Waals surface area contributed by atoms with Crippen LogP contribution in [0.5, 0.6) is 0 Å². The van der Waals surface area contributed by atoms with Crippen LogP contribution < -0.4 is 4.90 Å². The maximum atomic E-state index is 12.6. The maximum Gasteiger partial charge on any atom is 0.346 e. The van der Waals surface area contributed by atoms with E-state index in [1.165, 1.54) is 25.9 Å². The zero-order chi connectivity index (χ0) is 20.2. The summed E-state index contributed by atoms with van der Waals surface area (Å²) in [6.07, 6.45) is 4.15. The van der Waals surface area contributed by atoms with E-state index in [1.807, 2.05) is 6.92 Å². The average Bonchev–Trinajstić information content (AvgIpc) is 3.24. The Balaban J connectivity index is 2.09.